The fourth-order valence-electron chi connectivity index (χ4n) is 6.47. The normalized spacial score (nSPS) is 21.4. The minimum Gasteiger partial charge on any atom is -0.461 e. The van der Waals surface area contributed by atoms with Gasteiger partial charge >= 0.3 is 5.97 Å². The number of nitrogens with zero attached hydrogens (tertiary/aromatic N) is 3. The predicted octanol–water partition coefficient (Wildman–Crippen LogP) is 5.53. The number of fused-ring (bicyclic) bond motifs is 3. The Balaban J connectivity index is 1.40. The van der Waals surface area contributed by atoms with Crippen LogP contribution in [0.15, 0.2) is 89.7 Å². The van der Waals surface area contributed by atoms with Crippen molar-refractivity contribution in [1.82, 2.24) is 14.5 Å². The number of para-hydroxylation sites is 2. The van der Waals surface area contributed by atoms with E-state index in [1.165, 1.54) is 11.1 Å². The molecule has 6 rings (SSSR count). The molecule has 2 aliphatic rings. The van der Waals surface area contributed by atoms with E-state index in [2.05, 4.69) is 70.5 Å². The molecule has 1 unspecified atom stereocenters. The van der Waals surface area contributed by atoms with Gasteiger partial charge in [0.05, 0.1) is 23.7 Å². The SMILES string of the molecule is CCOC(=O)c1nc2ccccc2n([C@H]2CC3CC[C@@H](C2)N3C(c2ccccc2)c2ccccc2)c1=O. The molecule has 2 aliphatic heterocycles. The second-order valence-electron chi connectivity index (χ2n) is 10.0. The van der Waals surface area contributed by atoms with Crippen LogP contribution in [0.5, 0.6) is 0 Å². The fraction of sp³-hybridized carbons (Fsp3) is 0.323. The molecular weight excluding hydrogens is 462 g/mol. The van der Waals surface area contributed by atoms with E-state index in [1.807, 2.05) is 28.8 Å². The quantitative estimate of drug-likeness (QED) is 0.331. The average molecular weight is 494 g/mol. The first kappa shape index (κ1) is 23.6. The van der Waals surface area contributed by atoms with Gasteiger partial charge in [-0.1, -0.05) is 72.8 Å². The number of piperidine rings is 1. The Kier molecular flexibility index (Phi) is 6.35. The molecule has 0 aliphatic carbocycles. The summed E-state index contributed by atoms with van der Waals surface area (Å²) >= 11 is 0. The van der Waals surface area contributed by atoms with Crippen LogP contribution in [-0.4, -0.2) is 39.1 Å². The van der Waals surface area contributed by atoms with Crippen LogP contribution in [0.4, 0.5) is 0 Å². The summed E-state index contributed by atoms with van der Waals surface area (Å²) in [7, 11) is 0. The van der Waals surface area contributed by atoms with Crippen LogP contribution in [0.2, 0.25) is 0 Å². The minimum absolute atomic E-state index is 0.00507. The van der Waals surface area contributed by atoms with E-state index in [4.69, 9.17) is 4.74 Å². The van der Waals surface area contributed by atoms with Gasteiger partial charge in [-0.2, -0.15) is 0 Å². The van der Waals surface area contributed by atoms with Crippen molar-refractivity contribution in [2.24, 2.45) is 0 Å². The fourth-order valence-corrected chi connectivity index (χ4v) is 6.47. The molecule has 4 aromatic rings. The summed E-state index contributed by atoms with van der Waals surface area (Å²) in [5.74, 6) is -0.652. The molecule has 6 nitrogen and oxygen atoms in total. The van der Waals surface area contributed by atoms with Crippen molar-refractivity contribution in [2.45, 2.75) is 56.8 Å². The number of hydrogen-bond acceptors (Lipinski definition) is 5. The van der Waals surface area contributed by atoms with Crippen molar-refractivity contribution in [3.05, 3.63) is 112 Å². The van der Waals surface area contributed by atoms with Gasteiger partial charge in [0.1, 0.15) is 0 Å². The van der Waals surface area contributed by atoms with Gasteiger partial charge in [-0.05, 0) is 55.9 Å². The molecule has 0 radical (unpaired) electrons. The average Bonchev–Trinajstić information content (AvgIpc) is 3.17. The number of carbonyl (C=O) groups is 1. The van der Waals surface area contributed by atoms with Crippen LogP contribution in [0.25, 0.3) is 11.0 Å². The molecule has 0 amide bonds. The van der Waals surface area contributed by atoms with E-state index in [-0.39, 0.29) is 29.9 Å². The molecular formula is C31H31N3O3. The monoisotopic (exact) mass is 493 g/mol. The van der Waals surface area contributed by atoms with Gasteiger partial charge in [-0.15, -0.1) is 0 Å². The van der Waals surface area contributed by atoms with Gasteiger partial charge in [0.15, 0.2) is 0 Å². The Bertz CT molecular complexity index is 1410. The Morgan fingerprint density at radius 3 is 2.03 bits per heavy atom. The standard InChI is InChI=1S/C31H31N3O3/c1-2-37-31(36)28-30(35)34(27-16-10-9-15-26(27)32-28)25-19-23-17-18-24(20-25)33(23)29(21-11-5-3-6-12-21)22-13-7-4-8-14-22/h3-16,23-25,29H,2,17-20H2,1H3/t23-,24?,25+/m0/s1. The lowest BCUT2D eigenvalue weighted by Crippen LogP contribution is -2.47. The summed E-state index contributed by atoms with van der Waals surface area (Å²) < 4.78 is 7.01. The highest BCUT2D eigenvalue weighted by molar-refractivity contribution is 5.89. The molecule has 6 heteroatoms. The van der Waals surface area contributed by atoms with Gasteiger partial charge in [-0.25, -0.2) is 9.78 Å². The van der Waals surface area contributed by atoms with E-state index in [9.17, 15) is 9.59 Å². The van der Waals surface area contributed by atoms with Gasteiger partial charge in [0, 0.05) is 18.1 Å². The number of rotatable bonds is 6. The minimum atomic E-state index is -0.652. The largest absolute Gasteiger partial charge is 0.461 e. The van der Waals surface area contributed by atoms with Crippen molar-refractivity contribution in [3.8, 4) is 0 Å². The van der Waals surface area contributed by atoms with Gasteiger partial charge < -0.3 is 9.30 Å². The summed E-state index contributed by atoms with van der Waals surface area (Å²) in [6, 6.07) is 29.9. The van der Waals surface area contributed by atoms with E-state index in [1.54, 1.807) is 6.92 Å². The highest BCUT2D eigenvalue weighted by Crippen LogP contribution is 2.47. The molecule has 0 N–H and O–H groups in total. The molecule has 0 saturated carbocycles. The van der Waals surface area contributed by atoms with Crippen LogP contribution in [-0.2, 0) is 4.74 Å². The molecule has 37 heavy (non-hydrogen) atoms. The molecule has 188 valence electrons. The van der Waals surface area contributed by atoms with E-state index in [0.717, 1.165) is 31.2 Å². The van der Waals surface area contributed by atoms with Crippen molar-refractivity contribution in [1.29, 1.82) is 0 Å². The highest BCUT2D eigenvalue weighted by Gasteiger charge is 2.45. The molecule has 2 bridgehead atoms. The first-order chi connectivity index (χ1) is 18.2. The van der Waals surface area contributed by atoms with E-state index < -0.39 is 5.97 Å². The zero-order valence-electron chi connectivity index (χ0n) is 21.0. The second kappa shape index (κ2) is 9.94. The number of ether oxygens (including phenoxy) is 1. The van der Waals surface area contributed by atoms with Gasteiger partial charge in [-0.3, -0.25) is 9.69 Å². The summed E-state index contributed by atoms with van der Waals surface area (Å²) in [5.41, 5.74) is 3.53. The second-order valence-corrected chi connectivity index (χ2v) is 10.0. The third kappa shape index (κ3) is 4.25. The smallest absolute Gasteiger partial charge is 0.362 e. The molecule has 2 fully saturated rings. The summed E-state index contributed by atoms with van der Waals surface area (Å²) in [5, 5.41) is 0. The van der Waals surface area contributed by atoms with Crippen molar-refractivity contribution in [3.63, 3.8) is 0 Å². The maximum absolute atomic E-state index is 13.7. The molecule has 3 atom stereocenters. The van der Waals surface area contributed by atoms with E-state index in [0.29, 0.717) is 17.6 Å². The van der Waals surface area contributed by atoms with Crippen molar-refractivity contribution in [2.75, 3.05) is 6.61 Å². The number of carbonyl (C=O) groups excluding carboxylic acids is 1. The summed E-state index contributed by atoms with van der Waals surface area (Å²) in [6.45, 7) is 1.94. The first-order valence-electron chi connectivity index (χ1n) is 13.2. The first-order valence-corrected chi connectivity index (χ1v) is 13.2. The Morgan fingerprint density at radius 2 is 1.43 bits per heavy atom. The molecule has 3 heterocycles. The molecule has 1 aromatic heterocycles. The third-order valence-electron chi connectivity index (χ3n) is 7.92. The van der Waals surface area contributed by atoms with Gasteiger partial charge in [0.2, 0.25) is 5.69 Å². The lowest BCUT2D eigenvalue weighted by molar-refractivity contribution is 0.0514. The topological polar surface area (TPSA) is 64.4 Å². The molecule has 3 aromatic carbocycles. The van der Waals surface area contributed by atoms with Crippen molar-refractivity contribution < 1.29 is 9.53 Å². The van der Waals surface area contributed by atoms with Crippen LogP contribution < -0.4 is 5.56 Å². The van der Waals surface area contributed by atoms with E-state index >= 15 is 0 Å². The van der Waals surface area contributed by atoms with Crippen LogP contribution in [0.1, 0.15) is 66.3 Å². The zero-order valence-corrected chi connectivity index (χ0v) is 21.0. The van der Waals surface area contributed by atoms with Crippen LogP contribution in [0, 0.1) is 0 Å². The van der Waals surface area contributed by atoms with Crippen molar-refractivity contribution >= 4 is 17.0 Å². The lowest BCUT2D eigenvalue weighted by atomic mass is 9.89. The Labute approximate surface area is 216 Å². The third-order valence-corrected chi connectivity index (χ3v) is 7.92. The number of esters is 1. The maximum atomic E-state index is 13.7. The lowest BCUT2D eigenvalue weighted by Gasteiger charge is -2.44. The Morgan fingerprint density at radius 1 is 0.865 bits per heavy atom. The molecule has 2 saturated heterocycles. The maximum Gasteiger partial charge on any atom is 0.362 e. The van der Waals surface area contributed by atoms with Crippen LogP contribution >= 0.6 is 0 Å². The zero-order chi connectivity index (χ0) is 25.4. The highest BCUT2D eigenvalue weighted by atomic mass is 16.5. The predicted molar refractivity (Wildman–Crippen MR) is 144 cm³/mol. The number of hydrogen-bond donors (Lipinski definition) is 0. The Hall–Kier alpha value is -3.77. The number of aromatic nitrogens is 2. The summed E-state index contributed by atoms with van der Waals surface area (Å²) in [4.78, 5) is 33.4. The summed E-state index contributed by atoms with van der Waals surface area (Å²) in [6.07, 6.45) is 3.89. The van der Waals surface area contributed by atoms with Crippen LogP contribution in [0.3, 0.4) is 0 Å². The molecule has 0 spiro atoms. The number of benzene rings is 3. The van der Waals surface area contributed by atoms with Gasteiger partial charge in [0.25, 0.3) is 5.56 Å².